The largest absolute Gasteiger partial charge is 0.344 e. The van der Waals surface area contributed by atoms with Crippen LogP contribution in [0.1, 0.15) is 29.0 Å². The van der Waals surface area contributed by atoms with Crippen LogP contribution in [0.2, 0.25) is 5.02 Å². The molecule has 1 aromatic heterocycles. The Balaban J connectivity index is 2.04. The quantitative estimate of drug-likeness (QED) is 0.878. The summed E-state index contributed by atoms with van der Waals surface area (Å²) >= 11 is 5.80. The van der Waals surface area contributed by atoms with E-state index in [1.165, 1.54) is 12.5 Å². The van der Waals surface area contributed by atoms with Gasteiger partial charge < -0.3 is 10.3 Å². The van der Waals surface area contributed by atoms with Crippen LogP contribution < -0.4 is 5.32 Å². The lowest BCUT2D eigenvalue weighted by atomic mass is 10.1. The summed E-state index contributed by atoms with van der Waals surface area (Å²) in [5.74, 6) is -0.176. The molecule has 1 unspecified atom stereocenters. The van der Waals surface area contributed by atoms with Gasteiger partial charge in [-0.15, -0.1) is 0 Å². The normalized spacial score (nSPS) is 12.1. The zero-order chi connectivity index (χ0) is 12.3. The van der Waals surface area contributed by atoms with E-state index in [-0.39, 0.29) is 11.9 Å². The van der Waals surface area contributed by atoms with Gasteiger partial charge in [0.15, 0.2) is 0 Å². The summed E-state index contributed by atoms with van der Waals surface area (Å²) in [4.78, 5) is 18.3. The van der Waals surface area contributed by atoms with Crippen LogP contribution >= 0.6 is 11.6 Å². The first kappa shape index (κ1) is 11.7. The number of nitrogens with zero attached hydrogens (tertiary/aromatic N) is 1. The van der Waals surface area contributed by atoms with Crippen molar-refractivity contribution in [3.63, 3.8) is 0 Å². The summed E-state index contributed by atoms with van der Waals surface area (Å²) in [7, 11) is 0. The number of amides is 1. The highest BCUT2D eigenvalue weighted by atomic mass is 35.5. The van der Waals surface area contributed by atoms with Crippen molar-refractivity contribution in [3.05, 3.63) is 53.1 Å². The number of benzene rings is 1. The summed E-state index contributed by atoms with van der Waals surface area (Å²) in [5.41, 5.74) is 1.45. The highest BCUT2D eigenvalue weighted by Gasteiger charge is 2.11. The molecule has 5 heteroatoms. The van der Waals surface area contributed by atoms with Gasteiger partial charge in [0.1, 0.15) is 5.69 Å². The Morgan fingerprint density at radius 2 is 2.12 bits per heavy atom. The Hall–Kier alpha value is -1.81. The molecule has 1 heterocycles. The third-order valence-corrected chi connectivity index (χ3v) is 2.71. The van der Waals surface area contributed by atoms with Crippen LogP contribution in [0.15, 0.2) is 36.8 Å². The summed E-state index contributed by atoms with van der Waals surface area (Å²) in [6, 6.07) is 7.30. The van der Waals surface area contributed by atoms with Crippen LogP contribution in [0.4, 0.5) is 0 Å². The van der Waals surface area contributed by atoms with Gasteiger partial charge in [-0.1, -0.05) is 23.7 Å². The Kier molecular flexibility index (Phi) is 3.44. The molecule has 0 radical (unpaired) electrons. The minimum absolute atomic E-state index is 0.0805. The number of carbonyl (C=O) groups excluding carboxylic acids is 1. The van der Waals surface area contributed by atoms with E-state index in [0.29, 0.717) is 10.7 Å². The van der Waals surface area contributed by atoms with Crippen molar-refractivity contribution in [1.82, 2.24) is 15.3 Å². The molecule has 0 saturated heterocycles. The first-order valence-electron chi connectivity index (χ1n) is 5.21. The molecule has 88 valence electrons. The molecule has 0 aliphatic heterocycles. The third-order valence-electron chi connectivity index (χ3n) is 2.46. The summed E-state index contributed by atoms with van der Waals surface area (Å²) in [6.07, 6.45) is 2.96. The Morgan fingerprint density at radius 1 is 1.41 bits per heavy atom. The highest BCUT2D eigenvalue weighted by molar-refractivity contribution is 6.30. The SMILES string of the molecule is CC(NC(=O)c1cnc[nH]1)c1ccc(Cl)cc1. The van der Waals surface area contributed by atoms with Gasteiger partial charge in [-0.05, 0) is 24.6 Å². The molecule has 0 spiro atoms. The van der Waals surface area contributed by atoms with E-state index >= 15 is 0 Å². The molecule has 2 aromatic rings. The van der Waals surface area contributed by atoms with Crippen molar-refractivity contribution in [2.75, 3.05) is 0 Å². The maximum absolute atomic E-state index is 11.7. The summed E-state index contributed by atoms with van der Waals surface area (Å²) in [5, 5.41) is 3.55. The zero-order valence-corrected chi connectivity index (χ0v) is 10.0. The molecule has 0 aliphatic carbocycles. The highest BCUT2D eigenvalue weighted by Crippen LogP contribution is 2.16. The van der Waals surface area contributed by atoms with Crippen molar-refractivity contribution >= 4 is 17.5 Å². The first-order chi connectivity index (χ1) is 8.16. The van der Waals surface area contributed by atoms with Crippen molar-refractivity contribution in [2.45, 2.75) is 13.0 Å². The van der Waals surface area contributed by atoms with E-state index in [1.807, 2.05) is 19.1 Å². The second-order valence-corrected chi connectivity index (χ2v) is 4.15. The molecular weight excluding hydrogens is 238 g/mol. The Bertz CT molecular complexity index is 493. The number of nitrogens with one attached hydrogen (secondary N) is 2. The van der Waals surface area contributed by atoms with Crippen LogP contribution in [-0.2, 0) is 0 Å². The standard InChI is InChI=1S/C12H12ClN3O/c1-8(9-2-4-10(13)5-3-9)16-12(17)11-6-14-7-15-11/h2-8H,1H3,(H,14,15)(H,16,17). The lowest BCUT2D eigenvalue weighted by Crippen LogP contribution is -2.26. The van der Waals surface area contributed by atoms with Crippen molar-refractivity contribution in [2.24, 2.45) is 0 Å². The topological polar surface area (TPSA) is 57.8 Å². The van der Waals surface area contributed by atoms with Gasteiger partial charge in [0.25, 0.3) is 5.91 Å². The van der Waals surface area contributed by atoms with E-state index in [1.54, 1.807) is 12.1 Å². The van der Waals surface area contributed by atoms with Gasteiger partial charge in [0.05, 0.1) is 18.6 Å². The van der Waals surface area contributed by atoms with Gasteiger partial charge >= 0.3 is 0 Å². The fourth-order valence-corrected chi connectivity index (χ4v) is 1.62. The Labute approximate surface area is 104 Å². The van der Waals surface area contributed by atoms with Crippen LogP contribution in [-0.4, -0.2) is 15.9 Å². The van der Waals surface area contributed by atoms with Crippen molar-refractivity contribution in [1.29, 1.82) is 0 Å². The van der Waals surface area contributed by atoms with Gasteiger partial charge in [-0.25, -0.2) is 4.98 Å². The minimum Gasteiger partial charge on any atom is -0.344 e. The van der Waals surface area contributed by atoms with Crippen molar-refractivity contribution in [3.8, 4) is 0 Å². The molecule has 0 bridgehead atoms. The molecule has 17 heavy (non-hydrogen) atoms. The average molecular weight is 250 g/mol. The number of aromatic amines is 1. The van der Waals surface area contributed by atoms with Crippen LogP contribution in [0.25, 0.3) is 0 Å². The van der Waals surface area contributed by atoms with Crippen LogP contribution in [0, 0.1) is 0 Å². The maximum Gasteiger partial charge on any atom is 0.269 e. The Morgan fingerprint density at radius 3 is 2.71 bits per heavy atom. The average Bonchev–Trinajstić information content (AvgIpc) is 2.83. The van der Waals surface area contributed by atoms with E-state index in [0.717, 1.165) is 5.56 Å². The smallest absolute Gasteiger partial charge is 0.269 e. The molecule has 1 atom stereocenters. The van der Waals surface area contributed by atoms with Gasteiger partial charge in [0, 0.05) is 5.02 Å². The van der Waals surface area contributed by atoms with E-state index in [2.05, 4.69) is 15.3 Å². The number of aromatic nitrogens is 2. The molecule has 1 aromatic carbocycles. The predicted molar refractivity (Wildman–Crippen MR) is 65.9 cm³/mol. The van der Waals surface area contributed by atoms with Crippen molar-refractivity contribution < 1.29 is 4.79 Å². The predicted octanol–water partition coefficient (Wildman–Crippen LogP) is 2.55. The lowest BCUT2D eigenvalue weighted by Gasteiger charge is -2.13. The first-order valence-corrected chi connectivity index (χ1v) is 5.59. The fraction of sp³-hybridized carbons (Fsp3) is 0.167. The molecule has 2 rings (SSSR count). The number of imidazole rings is 1. The van der Waals surface area contributed by atoms with Gasteiger partial charge in [0.2, 0.25) is 0 Å². The van der Waals surface area contributed by atoms with Gasteiger partial charge in [-0.2, -0.15) is 0 Å². The maximum atomic E-state index is 11.7. The van der Waals surface area contributed by atoms with Gasteiger partial charge in [-0.3, -0.25) is 4.79 Å². The van der Waals surface area contributed by atoms with Crippen LogP contribution in [0.3, 0.4) is 0 Å². The van der Waals surface area contributed by atoms with E-state index in [9.17, 15) is 4.79 Å². The second kappa shape index (κ2) is 5.01. The molecule has 0 saturated carbocycles. The molecular formula is C12H12ClN3O. The molecule has 0 aliphatic rings. The molecule has 4 nitrogen and oxygen atoms in total. The number of carbonyl (C=O) groups is 1. The summed E-state index contributed by atoms with van der Waals surface area (Å²) < 4.78 is 0. The second-order valence-electron chi connectivity index (χ2n) is 3.71. The number of H-pyrrole nitrogens is 1. The number of hydrogen-bond acceptors (Lipinski definition) is 2. The molecule has 1 amide bonds. The minimum atomic E-state index is -0.176. The number of hydrogen-bond donors (Lipinski definition) is 2. The monoisotopic (exact) mass is 249 g/mol. The van der Waals surface area contributed by atoms with E-state index < -0.39 is 0 Å². The molecule has 2 N–H and O–H groups in total. The third kappa shape index (κ3) is 2.85. The lowest BCUT2D eigenvalue weighted by molar-refractivity contribution is 0.0935. The summed E-state index contributed by atoms with van der Waals surface area (Å²) in [6.45, 7) is 1.91. The number of halogens is 1. The van der Waals surface area contributed by atoms with E-state index in [4.69, 9.17) is 11.6 Å². The van der Waals surface area contributed by atoms with Crippen LogP contribution in [0.5, 0.6) is 0 Å². The fourth-order valence-electron chi connectivity index (χ4n) is 1.49. The number of rotatable bonds is 3. The zero-order valence-electron chi connectivity index (χ0n) is 9.27. The molecule has 0 fully saturated rings.